The molecule has 5 heteroatoms. The molecule has 0 bridgehead atoms. The summed E-state index contributed by atoms with van der Waals surface area (Å²) in [6.45, 7) is 6.14. The molecule has 0 aromatic heterocycles. The molecule has 1 aromatic rings. The summed E-state index contributed by atoms with van der Waals surface area (Å²) in [6, 6.07) is 5.04. The number of carbonyl (C=O) groups excluding carboxylic acids is 1. The molecule has 0 atom stereocenters. The van der Waals surface area contributed by atoms with Crippen molar-refractivity contribution >= 4 is 11.9 Å². The van der Waals surface area contributed by atoms with Gasteiger partial charge in [0, 0.05) is 13.0 Å². The number of rotatable bonds is 7. The monoisotopic (exact) mass is 293 g/mol. The first kappa shape index (κ1) is 17.0. The molecule has 0 heterocycles. The fourth-order valence-electron chi connectivity index (χ4n) is 2.02. The zero-order valence-corrected chi connectivity index (χ0v) is 12.8. The van der Waals surface area contributed by atoms with E-state index in [-0.39, 0.29) is 29.1 Å². The number of phenols is 1. The molecule has 1 amide bonds. The van der Waals surface area contributed by atoms with Crippen molar-refractivity contribution in [2.24, 2.45) is 5.41 Å². The number of carboxylic acid groups (broad SMARTS) is 1. The van der Waals surface area contributed by atoms with Crippen LogP contribution in [0.2, 0.25) is 0 Å². The van der Waals surface area contributed by atoms with Crippen LogP contribution < -0.4 is 5.32 Å². The van der Waals surface area contributed by atoms with Gasteiger partial charge in [-0.15, -0.1) is 0 Å². The van der Waals surface area contributed by atoms with Crippen LogP contribution >= 0.6 is 0 Å². The van der Waals surface area contributed by atoms with E-state index in [0.29, 0.717) is 24.9 Å². The highest BCUT2D eigenvalue weighted by atomic mass is 16.4. The largest absolute Gasteiger partial charge is 0.507 e. The Morgan fingerprint density at radius 3 is 2.52 bits per heavy atom. The molecule has 3 N–H and O–H groups in total. The van der Waals surface area contributed by atoms with E-state index >= 15 is 0 Å². The van der Waals surface area contributed by atoms with Crippen LogP contribution in [0.1, 0.15) is 49.0 Å². The number of nitrogens with one attached hydrogen (secondary N) is 1. The summed E-state index contributed by atoms with van der Waals surface area (Å²) >= 11 is 0. The molecule has 0 unspecified atom stereocenters. The van der Waals surface area contributed by atoms with Crippen LogP contribution in [0.15, 0.2) is 18.2 Å². The van der Waals surface area contributed by atoms with Gasteiger partial charge in [0.15, 0.2) is 0 Å². The predicted molar refractivity (Wildman–Crippen MR) is 80.4 cm³/mol. The number of hydrogen-bond donors (Lipinski definition) is 3. The minimum Gasteiger partial charge on any atom is -0.507 e. The molecule has 0 aliphatic carbocycles. The van der Waals surface area contributed by atoms with Crippen LogP contribution in [-0.2, 0) is 4.79 Å². The Bertz CT molecular complexity index is 523. The standard InChI is InChI=1S/C16H23NO4/c1-11-5-4-6-12(14(11)20)15(21)17-10-9-16(2,3)8-7-13(18)19/h4-6,20H,7-10H2,1-3H3,(H,17,21)(H,18,19). The first-order chi connectivity index (χ1) is 9.73. The number of aryl methyl sites for hydroxylation is 1. The smallest absolute Gasteiger partial charge is 0.303 e. The van der Waals surface area contributed by atoms with Crippen LogP contribution in [0.5, 0.6) is 5.75 Å². The molecule has 116 valence electrons. The van der Waals surface area contributed by atoms with Gasteiger partial charge < -0.3 is 15.5 Å². The molecule has 1 rings (SSSR count). The highest BCUT2D eigenvalue weighted by Gasteiger charge is 2.20. The highest BCUT2D eigenvalue weighted by molar-refractivity contribution is 5.97. The Balaban J connectivity index is 2.50. The van der Waals surface area contributed by atoms with Gasteiger partial charge in [-0.3, -0.25) is 9.59 Å². The number of carboxylic acids is 1. The Labute approximate surface area is 125 Å². The zero-order chi connectivity index (χ0) is 16.0. The van der Waals surface area contributed by atoms with Crippen molar-refractivity contribution in [3.8, 4) is 5.75 Å². The second-order valence-electron chi connectivity index (χ2n) is 6.03. The molecule has 0 aliphatic rings. The van der Waals surface area contributed by atoms with E-state index < -0.39 is 5.97 Å². The Kier molecular flexibility index (Phi) is 5.76. The van der Waals surface area contributed by atoms with Gasteiger partial charge in [0.2, 0.25) is 0 Å². The molecule has 0 spiro atoms. The van der Waals surface area contributed by atoms with E-state index in [4.69, 9.17) is 5.11 Å². The second kappa shape index (κ2) is 7.11. The van der Waals surface area contributed by atoms with Crippen molar-refractivity contribution in [2.75, 3.05) is 6.54 Å². The number of benzene rings is 1. The van der Waals surface area contributed by atoms with E-state index in [0.717, 1.165) is 0 Å². The van der Waals surface area contributed by atoms with Gasteiger partial charge >= 0.3 is 5.97 Å². The molecule has 0 fully saturated rings. The lowest BCUT2D eigenvalue weighted by Crippen LogP contribution is -2.28. The first-order valence-electron chi connectivity index (χ1n) is 7.01. The molecule has 1 aromatic carbocycles. The van der Waals surface area contributed by atoms with Crippen molar-refractivity contribution in [3.05, 3.63) is 29.3 Å². The fourth-order valence-corrected chi connectivity index (χ4v) is 2.02. The third kappa shape index (κ3) is 5.45. The first-order valence-corrected chi connectivity index (χ1v) is 7.01. The average molecular weight is 293 g/mol. The number of amides is 1. The van der Waals surface area contributed by atoms with Crippen molar-refractivity contribution < 1.29 is 19.8 Å². The van der Waals surface area contributed by atoms with Gasteiger partial charge in [-0.1, -0.05) is 26.0 Å². The zero-order valence-electron chi connectivity index (χ0n) is 12.8. The summed E-state index contributed by atoms with van der Waals surface area (Å²) in [5, 5.41) is 21.3. The van der Waals surface area contributed by atoms with E-state index in [1.165, 1.54) is 0 Å². The molecular formula is C16H23NO4. The van der Waals surface area contributed by atoms with Gasteiger partial charge in [-0.05, 0) is 36.8 Å². The number of phenolic OH excluding ortho intramolecular Hbond substituents is 1. The maximum absolute atomic E-state index is 12.0. The van der Waals surface area contributed by atoms with Crippen LogP contribution in [0.25, 0.3) is 0 Å². The average Bonchev–Trinajstić information content (AvgIpc) is 2.39. The SMILES string of the molecule is Cc1cccc(C(=O)NCCC(C)(C)CCC(=O)O)c1O. The summed E-state index contributed by atoms with van der Waals surface area (Å²) in [7, 11) is 0. The summed E-state index contributed by atoms with van der Waals surface area (Å²) in [5.41, 5.74) is 0.767. The molecular weight excluding hydrogens is 270 g/mol. The highest BCUT2D eigenvalue weighted by Crippen LogP contribution is 2.26. The Hall–Kier alpha value is -2.04. The van der Waals surface area contributed by atoms with Crippen LogP contribution in [0.3, 0.4) is 0 Å². The van der Waals surface area contributed by atoms with Gasteiger partial charge in [0.05, 0.1) is 5.56 Å². The lowest BCUT2D eigenvalue weighted by atomic mass is 9.84. The summed E-state index contributed by atoms with van der Waals surface area (Å²) in [4.78, 5) is 22.6. The quantitative estimate of drug-likeness (QED) is 0.721. The fraction of sp³-hybridized carbons (Fsp3) is 0.500. The molecule has 0 radical (unpaired) electrons. The summed E-state index contributed by atoms with van der Waals surface area (Å²) < 4.78 is 0. The number of aromatic hydroxyl groups is 1. The Morgan fingerprint density at radius 2 is 1.90 bits per heavy atom. The topological polar surface area (TPSA) is 86.6 Å². The van der Waals surface area contributed by atoms with Crippen molar-refractivity contribution in [1.82, 2.24) is 5.32 Å². The van der Waals surface area contributed by atoms with Crippen LogP contribution in [0.4, 0.5) is 0 Å². The number of para-hydroxylation sites is 1. The van der Waals surface area contributed by atoms with Gasteiger partial charge in [-0.2, -0.15) is 0 Å². The minimum absolute atomic E-state index is 0.000127. The summed E-state index contributed by atoms with van der Waals surface area (Å²) in [5.74, 6) is -1.12. The third-order valence-corrected chi connectivity index (χ3v) is 3.59. The minimum atomic E-state index is -0.809. The van der Waals surface area contributed by atoms with E-state index in [2.05, 4.69) is 5.32 Å². The van der Waals surface area contributed by atoms with Crippen LogP contribution in [-0.4, -0.2) is 28.6 Å². The van der Waals surface area contributed by atoms with Gasteiger partial charge in [0.25, 0.3) is 5.91 Å². The van der Waals surface area contributed by atoms with E-state index in [9.17, 15) is 14.7 Å². The molecule has 0 saturated heterocycles. The van der Waals surface area contributed by atoms with Crippen molar-refractivity contribution in [1.29, 1.82) is 0 Å². The summed E-state index contributed by atoms with van der Waals surface area (Å²) in [6.07, 6.45) is 1.37. The molecule has 0 aliphatic heterocycles. The van der Waals surface area contributed by atoms with Crippen molar-refractivity contribution in [3.63, 3.8) is 0 Å². The lowest BCUT2D eigenvalue weighted by Gasteiger charge is -2.23. The number of carbonyl (C=O) groups is 2. The molecule has 21 heavy (non-hydrogen) atoms. The second-order valence-corrected chi connectivity index (χ2v) is 6.03. The molecule has 5 nitrogen and oxygen atoms in total. The van der Waals surface area contributed by atoms with Crippen molar-refractivity contribution in [2.45, 2.75) is 40.0 Å². The normalized spacial score (nSPS) is 11.2. The predicted octanol–water partition coefficient (Wildman–Crippen LogP) is 2.71. The van der Waals surface area contributed by atoms with E-state index in [1.807, 2.05) is 13.8 Å². The van der Waals surface area contributed by atoms with Crippen LogP contribution in [0, 0.1) is 12.3 Å². The maximum Gasteiger partial charge on any atom is 0.303 e. The van der Waals surface area contributed by atoms with Gasteiger partial charge in [-0.25, -0.2) is 0 Å². The van der Waals surface area contributed by atoms with E-state index in [1.54, 1.807) is 25.1 Å². The number of hydrogen-bond acceptors (Lipinski definition) is 3. The maximum atomic E-state index is 12.0. The Morgan fingerprint density at radius 1 is 1.24 bits per heavy atom. The van der Waals surface area contributed by atoms with Gasteiger partial charge in [0.1, 0.15) is 5.75 Å². The number of aliphatic carboxylic acids is 1. The third-order valence-electron chi connectivity index (χ3n) is 3.59. The lowest BCUT2D eigenvalue weighted by molar-refractivity contribution is -0.137. The molecule has 0 saturated carbocycles.